The predicted octanol–water partition coefficient (Wildman–Crippen LogP) is 2.92. The van der Waals surface area contributed by atoms with Crippen molar-refractivity contribution in [3.05, 3.63) is 34.2 Å². The molecule has 0 aliphatic rings. The van der Waals surface area contributed by atoms with Gasteiger partial charge >= 0.3 is 18.1 Å². The Morgan fingerprint density at radius 1 is 1.40 bits per heavy atom. The van der Waals surface area contributed by atoms with E-state index in [1.807, 2.05) is 0 Å². The molecule has 10 heteroatoms. The first-order valence-corrected chi connectivity index (χ1v) is 4.95. The maximum Gasteiger partial charge on any atom is 0.471 e. The van der Waals surface area contributed by atoms with Crippen molar-refractivity contribution in [1.82, 2.24) is 0 Å². The first-order chi connectivity index (χ1) is 9.29. The fourth-order valence-electron chi connectivity index (χ4n) is 1.23. The van der Waals surface area contributed by atoms with E-state index in [1.54, 1.807) is 0 Å². The number of carbonyl (C=O) groups is 2. The van der Waals surface area contributed by atoms with Crippen LogP contribution in [0.2, 0.25) is 0 Å². The molecule has 1 rings (SSSR count). The molecule has 0 heterocycles. The van der Waals surface area contributed by atoms with Crippen molar-refractivity contribution >= 4 is 23.3 Å². The predicted molar refractivity (Wildman–Crippen MR) is 61.3 cm³/mol. The molecule has 106 valence electrons. The number of hydrogen-bond donors (Lipinski definition) is 1. The SMILES string of the molecule is COC(=O)c1ccc(N=[N+]=[N-])cc1NC(=O)C(F)(F)F. The van der Waals surface area contributed by atoms with Crippen molar-refractivity contribution < 1.29 is 27.5 Å². The van der Waals surface area contributed by atoms with Crippen LogP contribution in [0.1, 0.15) is 10.4 Å². The number of carbonyl (C=O) groups excluding carboxylic acids is 2. The lowest BCUT2D eigenvalue weighted by atomic mass is 10.1. The van der Waals surface area contributed by atoms with Crippen LogP contribution in [0.15, 0.2) is 23.3 Å². The highest BCUT2D eigenvalue weighted by atomic mass is 19.4. The fourth-order valence-corrected chi connectivity index (χ4v) is 1.23. The van der Waals surface area contributed by atoms with Crippen molar-refractivity contribution in [3.8, 4) is 0 Å². The number of amides is 1. The third-order valence-corrected chi connectivity index (χ3v) is 2.07. The second-order valence-corrected chi connectivity index (χ2v) is 3.36. The number of methoxy groups -OCH3 is 1. The highest BCUT2D eigenvalue weighted by Crippen LogP contribution is 2.26. The molecule has 1 N–H and O–H groups in total. The quantitative estimate of drug-likeness (QED) is 0.400. The van der Waals surface area contributed by atoms with Gasteiger partial charge in [-0.25, -0.2) is 4.79 Å². The number of benzene rings is 1. The van der Waals surface area contributed by atoms with Crippen LogP contribution in [0.3, 0.4) is 0 Å². The van der Waals surface area contributed by atoms with Crippen LogP contribution in [0, 0.1) is 0 Å². The molecular formula is C10H7F3N4O3. The van der Waals surface area contributed by atoms with E-state index in [-0.39, 0.29) is 11.3 Å². The molecule has 0 bridgehead atoms. The Morgan fingerprint density at radius 3 is 2.55 bits per heavy atom. The standard InChI is InChI=1S/C10H7F3N4O3/c1-20-8(18)6-3-2-5(16-17-14)4-7(6)15-9(19)10(11,12)13/h2-4H,1H3,(H,15,19). The van der Waals surface area contributed by atoms with E-state index in [0.717, 1.165) is 19.2 Å². The molecular weight excluding hydrogens is 281 g/mol. The number of alkyl halides is 3. The Morgan fingerprint density at radius 2 is 2.05 bits per heavy atom. The van der Waals surface area contributed by atoms with E-state index in [2.05, 4.69) is 14.8 Å². The first-order valence-electron chi connectivity index (χ1n) is 4.95. The summed E-state index contributed by atoms with van der Waals surface area (Å²) in [5, 5.41) is 4.68. The molecule has 0 fully saturated rings. The Kier molecular flexibility index (Phi) is 4.54. The van der Waals surface area contributed by atoms with Gasteiger partial charge in [0.15, 0.2) is 0 Å². The fraction of sp³-hybridized carbons (Fsp3) is 0.200. The lowest BCUT2D eigenvalue weighted by Gasteiger charge is -2.11. The molecule has 0 aromatic heterocycles. The van der Waals surface area contributed by atoms with E-state index >= 15 is 0 Å². The third kappa shape index (κ3) is 3.62. The van der Waals surface area contributed by atoms with Crippen LogP contribution in [-0.2, 0) is 9.53 Å². The number of ether oxygens (including phenoxy) is 1. The Labute approximate surface area is 110 Å². The van der Waals surface area contributed by atoms with Gasteiger partial charge in [0, 0.05) is 10.6 Å². The zero-order valence-electron chi connectivity index (χ0n) is 9.93. The van der Waals surface area contributed by atoms with Crippen LogP contribution < -0.4 is 5.32 Å². The largest absolute Gasteiger partial charge is 0.471 e. The summed E-state index contributed by atoms with van der Waals surface area (Å²) in [7, 11) is 1.03. The second-order valence-electron chi connectivity index (χ2n) is 3.36. The maximum atomic E-state index is 12.2. The zero-order valence-corrected chi connectivity index (χ0v) is 9.93. The van der Waals surface area contributed by atoms with E-state index < -0.39 is 23.7 Å². The molecule has 0 radical (unpaired) electrons. The number of hydrogen-bond acceptors (Lipinski definition) is 4. The summed E-state index contributed by atoms with van der Waals surface area (Å²) in [4.78, 5) is 24.7. The summed E-state index contributed by atoms with van der Waals surface area (Å²) in [6, 6.07) is 3.19. The van der Waals surface area contributed by atoms with Gasteiger partial charge < -0.3 is 10.1 Å². The molecule has 1 aromatic rings. The van der Waals surface area contributed by atoms with Gasteiger partial charge in [-0.15, -0.1) is 0 Å². The minimum Gasteiger partial charge on any atom is -0.465 e. The molecule has 20 heavy (non-hydrogen) atoms. The summed E-state index contributed by atoms with van der Waals surface area (Å²) in [6.07, 6.45) is -5.12. The molecule has 0 aliphatic carbocycles. The van der Waals surface area contributed by atoms with Gasteiger partial charge in [-0.3, -0.25) is 4.79 Å². The number of anilines is 1. The van der Waals surface area contributed by atoms with Crippen molar-refractivity contribution in [2.24, 2.45) is 5.11 Å². The van der Waals surface area contributed by atoms with E-state index in [4.69, 9.17) is 5.53 Å². The van der Waals surface area contributed by atoms with Crippen LogP contribution in [0.5, 0.6) is 0 Å². The Balaban J connectivity index is 3.24. The molecule has 0 spiro atoms. The van der Waals surface area contributed by atoms with Crippen molar-refractivity contribution in [2.75, 3.05) is 12.4 Å². The summed E-state index contributed by atoms with van der Waals surface area (Å²) < 4.78 is 40.9. The van der Waals surface area contributed by atoms with E-state index in [9.17, 15) is 22.8 Å². The highest BCUT2D eigenvalue weighted by Gasteiger charge is 2.39. The van der Waals surface area contributed by atoms with Crippen molar-refractivity contribution in [2.45, 2.75) is 6.18 Å². The summed E-state index contributed by atoms with van der Waals surface area (Å²) >= 11 is 0. The lowest BCUT2D eigenvalue weighted by molar-refractivity contribution is -0.167. The number of nitrogens with one attached hydrogen (secondary N) is 1. The van der Waals surface area contributed by atoms with Gasteiger partial charge in [0.25, 0.3) is 0 Å². The minimum atomic E-state index is -5.12. The van der Waals surface area contributed by atoms with Crippen LogP contribution in [-0.4, -0.2) is 25.2 Å². The van der Waals surface area contributed by atoms with Gasteiger partial charge in [-0.05, 0) is 17.7 Å². The Bertz CT molecular complexity index is 594. The molecule has 0 unspecified atom stereocenters. The maximum absolute atomic E-state index is 12.2. The molecule has 0 aliphatic heterocycles. The first kappa shape index (κ1) is 15.3. The third-order valence-electron chi connectivity index (χ3n) is 2.07. The number of halogens is 3. The molecule has 1 aromatic carbocycles. The van der Waals surface area contributed by atoms with Gasteiger partial charge in [-0.1, -0.05) is 11.2 Å². The lowest BCUT2D eigenvalue weighted by Crippen LogP contribution is -2.30. The average molecular weight is 288 g/mol. The minimum absolute atomic E-state index is 0.0716. The van der Waals surface area contributed by atoms with Crippen molar-refractivity contribution in [3.63, 3.8) is 0 Å². The zero-order chi connectivity index (χ0) is 15.3. The summed E-state index contributed by atoms with van der Waals surface area (Å²) in [5.41, 5.74) is 7.40. The van der Waals surface area contributed by atoms with E-state index in [0.29, 0.717) is 0 Å². The average Bonchev–Trinajstić information content (AvgIpc) is 2.37. The summed E-state index contributed by atoms with van der Waals surface area (Å²) in [5.74, 6) is -3.21. The smallest absolute Gasteiger partial charge is 0.465 e. The molecule has 1 amide bonds. The molecule has 7 nitrogen and oxygen atoms in total. The number of azide groups is 1. The normalized spacial score (nSPS) is 10.4. The number of esters is 1. The van der Waals surface area contributed by atoms with Gasteiger partial charge in [0.1, 0.15) is 0 Å². The molecule has 0 saturated carbocycles. The van der Waals surface area contributed by atoms with Crippen molar-refractivity contribution in [1.29, 1.82) is 0 Å². The van der Waals surface area contributed by atoms with Gasteiger partial charge in [-0.2, -0.15) is 13.2 Å². The monoisotopic (exact) mass is 288 g/mol. The van der Waals surface area contributed by atoms with E-state index in [1.165, 1.54) is 11.4 Å². The number of rotatable bonds is 3. The van der Waals surface area contributed by atoms with Gasteiger partial charge in [0.2, 0.25) is 0 Å². The van der Waals surface area contributed by atoms with Gasteiger partial charge in [0.05, 0.1) is 18.4 Å². The molecule has 0 saturated heterocycles. The molecule has 0 atom stereocenters. The number of nitrogens with zero attached hydrogens (tertiary/aromatic N) is 3. The van der Waals surface area contributed by atoms with Crippen LogP contribution >= 0.6 is 0 Å². The highest BCUT2D eigenvalue weighted by molar-refractivity contribution is 6.03. The Hall–Kier alpha value is -2.74. The van der Waals surface area contributed by atoms with Crippen LogP contribution in [0.4, 0.5) is 24.5 Å². The second kappa shape index (κ2) is 5.93. The topological polar surface area (TPSA) is 104 Å². The van der Waals surface area contributed by atoms with Crippen LogP contribution in [0.25, 0.3) is 10.4 Å². The summed E-state index contributed by atoms with van der Waals surface area (Å²) in [6.45, 7) is 0.